The minimum atomic E-state index is -2.19. The van der Waals surface area contributed by atoms with E-state index in [-0.39, 0.29) is 6.61 Å². The molecule has 24 heavy (non-hydrogen) atoms. The highest BCUT2D eigenvalue weighted by molar-refractivity contribution is 7.43. The van der Waals surface area contributed by atoms with Crippen LogP contribution < -0.4 is 16.3 Å². The molecule has 1 aromatic rings. The van der Waals surface area contributed by atoms with Gasteiger partial charge in [0.15, 0.2) is 17.5 Å². The number of nitrogens with two attached hydrogens (primary N) is 1. The van der Waals surface area contributed by atoms with Crippen LogP contribution in [0.2, 0.25) is 0 Å². The van der Waals surface area contributed by atoms with E-state index in [1.54, 1.807) is 10.8 Å². The minimum Gasteiger partial charge on any atom is -0.394 e. The Morgan fingerprint density at radius 3 is 3.08 bits per heavy atom. The van der Waals surface area contributed by atoms with E-state index in [1.807, 2.05) is 4.90 Å². The second-order valence-corrected chi connectivity index (χ2v) is 6.41. The lowest BCUT2D eigenvalue weighted by molar-refractivity contribution is -0.0540. The number of ether oxygens (including phenoxy) is 1. The summed E-state index contributed by atoms with van der Waals surface area (Å²) in [6.07, 6.45) is -0.479. The molecule has 1 saturated heterocycles. The maximum absolute atomic E-state index is 10.5. The van der Waals surface area contributed by atoms with Crippen LogP contribution >= 0.6 is 8.53 Å². The average Bonchev–Trinajstić information content (AvgIpc) is 3.24. The van der Waals surface area contributed by atoms with Gasteiger partial charge in [0.1, 0.15) is 30.3 Å². The minimum absolute atomic E-state index is 0.384. The number of rotatable bonds is 4. The summed E-state index contributed by atoms with van der Waals surface area (Å²) in [7, 11) is -2.19. The highest BCUT2D eigenvalue weighted by atomic mass is 31.2. The Morgan fingerprint density at radius 1 is 1.50 bits per heavy atom. The number of nitrogens with zero attached hydrogens (tertiary/aromatic N) is 5. The Morgan fingerprint density at radius 2 is 2.33 bits per heavy atom. The first kappa shape index (κ1) is 16.0. The molecule has 0 spiro atoms. The first-order valence-corrected chi connectivity index (χ1v) is 8.62. The maximum atomic E-state index is 10.5. The van der Waals surface area contributed by atoms with Crippen LogP contribution in [0.25, 0.3) is 5.82 Å². The van der Waals surface area contributed by atoms with Crippen LogP contribution in [-0.2, 0) is 9.26 Å². The van der Waals surface area contributed by atoms with Gasteiger partial charge in [-0.05, 0) is 0 Å². The number of aliphatic hydroxyl groups is 2. The molecule has 1 aromatic heterocycles. The standard InChI is InChI=1S/C12H17N6O5P/c13-24(21)23-9-6(3-19)22-12(8(9)20)18-5-15-7-10-14-1-2-17(10)4-16-11(7)18/h1,5-6,8-9,12,19-21H,2-4,13H2/t6-,8-,9-,12-,24?/m1/s1. The molecule has 0 saturated carbocycles. The highest BCUT2D eigenvalue weighted by Crippen LogP contribution is 2.36. The molecule has 0 aromatic carbocycles. The Bertz CT molecular complexity index is 781. The number of aliphatic imine (C=N–C) groups is 1. The van der Waals surface area contributed by atoms with Gasteiger partial charge in [0.05, 0.1) is 19.5 Å². The molecule has 1 unspecified atom stereocenters. The molecule has 0 bridgehead atoms. The zero-order valence-electron chi connectivity index (χ0n) is 12.5. The van der Waals surface area contributed by atoms with Crippen LogP contribution in [0.1, 0.15) is 6.23 Å². The van der Waals surface area contributed by atoms with Crippen molar-refractivity contribution in [3.05, 3.63) is 17.2 Å². The highest BCUT2D eigenvalue weighted by Gasteiger charge is 2.46. The van der Waals surface area contributed by atoms with Gasteiger partial charge in [-0.25, -0.2) is 15.0 Å². The van der Waals surface area contributed by atoms with Crippen molar-refractivity contribution in [3.63, 3.8) is 0 Å². The predicted octanol–water partition coefficient (Wildman–Crippen LogP) is -3.26. The van der Waals surface area contributed by atoms with Crippen LogP contribution in [0.3, 0.4) is 0 Å². The number of fused-ring (bicyclic) bond motifs is 2. The van der Waals surface area contributed by atoms with Crippen molar-refractivity contribution in [1.82, 2.24) is 14.5 Å². The third-order valence-corrected chi connectivity index (χ3v) is 4.64. The predicted molar refractivity (Wildman–Crippen MR) is 81.7 cm³/mol. The molecule has 0 amide bonds. The van der Waals surface area contributed by atoms with Gasteiger partial charge in [-0.2, -0.15) is 0 Å². The largest absolute Gasteiger partial charge is 0.394 e. The van der Waals surface area contributed by atoms with Gasteiger partial charge in [0, 0.05) is 6.21 Å². The maximum Gasteiger partial charge on any atom is 0.250 e. The van der Waals surface area contributed by atoms with Gasteiger partial charge < -0.3 is 29.3 Å². The molecular formula is C12H17N6O5P. The monoisotopic (exact) mass is 356 g/mol. The zero-order chi connectivity index (χ0) is 16.8. The van der Waals surface area contributed by atoms with Crippen molar-refractivity contribution in [2.75, 3.05) is 19.8 Å². The van der Waals surface area contributed by atoms with Crippen molar-refractivity contribution in [2.45, 2.75) is 24.5 Å². The van der Waals surface area contributed by atoms with Gasteiger partial charge in [-0.1, -0.05) is 0 Å². The fraction of sp³-hybridized carbons (Fsp3) is 0.583. The van der Waals surface area contributed by atoms with Crippen LogP contribution in [0.4, 0.5) is 0 Å². The molecule has 5 atom stereocenters. The number of aromatic nitrogens is 2. The van der Waals surface area contributed by atoms with E-state index in [0.717, 1.165) is 5.82 Å². The lowest BCUT2D eigenvalue weighted by Crippen LogP contribution is -2.43. The summed E-state index contributed by atoms with van der Waals surface area (Å²) >= 11 is 0. The topological polar surface area (TPSA) is 151 Å². The summed E-state index contributed by atoms with van der Waals surface area (Å²) in [6.45, 7) is 0.739. The molecule has 3 aliphatic heterocycles. The van der Waals surface area contributed by atoms with E-state index in [0.29, 0.717) is 24.1 Å². The number of hydrogen-bond donors (Lipinski definition) is 4. The molecule has 130 valence electrons. The summed E-state index contributed by atoms with van der Waals surface area (Å²) in [4.78, 5) is 24.3. The molecule has 1 fully saturated rings. The summed E-state index contributed by atoms with van der Waals surface area (Å²) in [5.41, 5.74) is 5.81. The quantitative estimate of drug-likeness (QED) is 0.411. The van der Waals surface area contributed by atoms with Crippen LogP contribution in [-0.4, -0.2) is 73.9 Å². The fourth-order valence-electron chi connectivity index (χ4n) is 3.09. The second-order valence-electron chi connectivity index (χ2n) is 5.59. The molecular weight excluding hydrogens is 339 g/mol. The van der Waals surface area contributed by atoms with Crippen molar-refractivity contribution in [3.8, 4) is 0 Å². The van der Waals surface area contributed by atoms with Crippen molar-refractivity contribution >= 4 is 20.6 Å². The molecule has 11 nitrogen and oxygen atoms in total. The molecule has 0 radical (unpaired) electrons. The SMILES string of the molecule is NP(O)O[C@H]1[C@@H](O)[C@H](n2cnc3c2=NCN2CC=NC=32)O[C@@H]1CO. The Hall–Kier alpha value is -1.46. The lowest BCUT2D eigenvalue weighted by Gasteiger charge is -2.21. The van der Waals surface area contributed by atoms with Crippen molar-refractivity contribution < 1.29 is 24.4 Å². The zero-order valence-corrected chi connectivity index (χ0v) is 13.4. The van der Waals surface area contributed by atoms with E-state index >= 15 is 0 Å². The Balaban J connectivity index is 1.71. The van der Waals surface area contributed by atoms with E-state index < -0.39 is 33.1 Å². The average molecular weight is 356 g/mol. The molecule has 3 aliphatic rings. The Labute approximate surface area is 137 Å². The third-order valence-electron chi connectivity index (χ3n) is 4.18. The third kappa shape index (κ3) is 2.45. The van der Waals surface area contributed by atoms with E-state index in [2.05, 4.69) is 15.0 Å². The first-order valence-electron chi connectivity index (χ1n) is 7.34. The van der Waals surface area contributed by atoms with Gasteiger partial charge in [0.25, 0.3) is 8.53 Å². The van der Waals surface area contributed by atoms with Crippen LogP contribution in [0, 0.1) is 0 Å². The first-order chi connectivity index (χ1) is 11.6. The smallest absolute Gasteiger partial charge is 0.250 e. The molecule has 12 heteroatoms. The summed E-state index contributed by atoms with van der Waals surface area (Å²) < 4.78 is 12.4. The van der Waals surface area contributed by atoms with Crippen LogP contribution in [0.15, 0.2) is 16.3 Å². The molecule has 0 aliphatic carbocycles. The van der Waals surface area contributed by atoms with Gasteiger partial charge in [-0.15, -0.1) is 0 Å². The summed E-state index contributed by atoms with van der Waals surface area (Å²) in [5, 5.41) is 20.5. The van der Waals surface area contributed by atoms with E-state index in [4.69, 9.17) is 14.8 Å². The fourth-order valence-corrected chi connectivity index (χ4v) is 3.60. The van der Waals surface area contributed by atoms with Crippen LogP contribution in [0.5, 0.6) is 0 Å². The summed E-state index contributed by atoms with van der Waals surface area (Å²) in [6, 6.07) is 0. The Kier molecular flexibility index (Phi) is 4.09. The number of imidazole rings is 1. The summed E-state index contributed by atoms with van der Waals surface area (Å²) in [5.74, 6) is 0.735. The second kappa shape index (κ2) is 6.12. The van der Waals surface area contributed by atoms with Gasteiger partial charge >= 0.3 is 0 Å². The normalized spacial score (nSPS) is 32.7. The van der Waals surface area contributed by atoms with Gasteiger partial charge in [-0.3, -0.25) is 10.1 Å². The number of aliphatic hydroxyl groups excluding tert-OH is 2. The van der Waals surface area contributed by atoms with Crippen molar-refractivity contribution in [1.29, 1.82) is 0 Å². The molecule has 4 rings (SSSR count). The lowest BCUT2D eigenvalue weighted by atomic mass is 10.1. The van der Waals surface area contributed by atoms with Crippen molar-refractivity contribution in [2.24, 2.45) is 15.5 Å². The van der Waals surface area contributed by atoms with E-state index in [1.165, 1.54) is 6.33 Å². The van der Waals surface area contributed by atoms with E-state index in [9.17, 15) is 15.1 Å². The van der Waals surface area contributed by atoms with Gasteiger partial charge in [0.2, 0.25) is 0 Å². The molecule has 5 N–H and O–H groups in total. The molecule has 4 heterocycles. The number of hydrogen-bond acceptors (Lipinski definition) is 10.